The Bertz CT molecular complexity index is 584. The van der Waals surface area contributed by atoms with Crippen molar-refractivity contribution in [2.24, 2.45) is 0 Å². The summed E-state index contributed by atoms with van der Waals surface area (Å²) in [6.07, 6.45) is 0. The first-order chi connectivity index (χ1) is 8.56. The van der Waals surface area contributed by atoms with Crippen molar-refractivity contribution in [3.8, 4) is 5.75 Å². The molecule has 92 valence electrons. The molecule has 0 aliphatic carbocycles. The first kappa shape index (κ1) is 13.1. The smallest absolute Gasteiger partial charge is 0.139 e. The summed E-state index contributed by atoms with van der Waals surface area (Å²) in [4.78, 5) is 0.490. The molecule has 0 aromatic heterocycles. The molecule has 2 rings (SSSR count). The maximum Gasteiger partial charge on any atom is 0.139 e. The average Bonchev–Trinajstić information content (AvgIpc) is 2.34. The lowest BCUT2D eigenvalue weighted by Crippen LogP contribution is -2.10. The predicted molar refractivity (Wildman–Crippen MR) is 79.9 cm³/mol. The second kappa shape index (κ2) is 5.57. The van der Waals surface area contributed by atoms with Gasteiger partial charge in [-0.25, -0.2) is 0 Å². The van der Waals surface area contributed by atoms with E-state index < -0.39 is 0 Å². The second-order valence-corrected chi connectivity index (χ2v) is 4.90. The molecule has 0 aliphatic rings. The second-order valence-electron chi connectivity index (χ2n) is 3.62. The van der Waals surface area contributed by atoms with Crippen molar-refractivity contribution in [2.45, 2.75) is 0 Å². The molecule has 2 nitrogen and oxygen atoms in total. The average molecular weight is 298 g/mol. The molecule has 5 heteroatoms. The van der Waals surface area contributed by atoms with Gasteiger partial charge in [0, 0.05) is 15.6 Å². The number of rotatable bonds is 2. The van der Waals surface area contributed by atoms with Crippen LogP contribution in [0.25, 0.3) is 0 Å². The van der Waals surface area contributed by atoms with Crippen molar-refractivity contribution in [2.75, 3.05) is 5.32 Å². The molecular weight excluding hydrogens is 289 g/mol. The fourth-order valence-corrected chi connectivity index (χ4v) is 1.95. The van der Waals surface area contributed by atoms with Crippen LogP contribution in [0.15, 0.2) is 42.5 Å². The number of thiocarbonyl (C=S) groups is 1. The molecule has 0 radical (unpaired) electrons. The Morgan fingerprint density at radius 1 is 1.00 bits per heavy atom. The highest BCUT2D eigenvalue weighted by Gasteiger charge is 2.06. The zero-order valence-corrected chi connectivity index (χ0v) is 11.5. The minimum atomic E-state index is 0.0933. The third-order valence-electron chi connectivity index (χ3n) is 2.31. The Balaban J connectivity index is 2.21. The third kappa shape index (κ3) is 3.13. The molecule has 2 aromatic rings. The summed E-state index contributed by atoms with van der Waals surface area (Å²) in [6, 6.07) is 11.8. The van der Waals surface area contributed by atoms with E-state index in [4.69, 9.17) is 35.4 Å². The first-order valence-electron chi connectivity index (χ1n) is 5.12. The summed E-state index contributed by atoms with van der Waals surface area (Å²) in [7, 11) is 0. The number of hydrogen-bond acceptors (Lipinski definition) is 2. The van der Waals surface area contributed by atoms with Crippen molar-refractivity contribution in [1.82, 2.24) is 0 Å². The fourth-order valence-electron chi connectivity index (χ4n) is 1.40. The number of phenols is 1. The lowest BCUT2D eigenvalue weighted by molar-refractivity contribution is 0.478. The van der Waals surface area contributed by atoms with Gasteiger partial charge in [0.15, 0.2) is 0 Å². The highest BCUT2D eigenvalue weighted by molar-refractivity contribution is 7.81. The van der Waals surface area contributed by atoms with Crippen LogP contribution in [-0.2, 0) is 0 Å². The van der Waals surface area contributed by atoms with Gasteiger partial charge in [-0.1, -0.05) is 47.6 Å². The first-order valence-corrected chi connectivity index (χ1v) is 6.28. The SMILES string of the molecule is Oc1ccc(Cl)cc1NC(=S)c1ccc(Cl)cc1. The summed E-state index contributed by atoms with van der Waals surface area (Å²) >= 11 is 16.9. The van der Waals surface area contributed by atoms with Gasteiger partial charge in [-0.05, 0) is 30.3 Å². The van der Waals surface area contributed by atoms with E-state index in [1.807, 2.05) is 0 Å². The van der Waals surface area contributed by atoms with E-state index in [2.05, 4.69) is 5.32 Å². The highest BCUT2D eigenvalue weighted by Crippen LogP contribution is 2.27. The largest absolute Gasteiger partial charge is 0.506 e. The van der Waals surface area contributed by atoms with Crippen LogP contribution in [0.5, 0.6) is 5.75 Å². The fraction of sp³-hybridized carbons (Fsp3) is 0. The monoisotopic (exact) mass is 297 g/mol. The minimum absolute atomic E-state index is 0.0933. The maximum absolute atomic E-state index is 9.67. The Labute approximate surface area is 120 Å². The van der Waals surface area contributed by atoms with E-state index in [1.54, 1.807) is 36.4 Å². The summed E-state index contributed by atoms with van der Waals surface area (Å²) in [6.45, 7) is 0. The van der Waals surface area contributed by atoms with Gasteiger partial charge < -0.3 is 10.4 Å². The zero-order valence-electron chi connectivity index (χ0n) is 9.15. The molecule has 0 heterocycles. The van der Waals surface area contributed by atoms with Crippen LogP contribution in [0.2, 0.25) is 10.0 Å². The van der Waals surface area contributed by atoms with Crippen molar-refractivity contribution in [1.29, 1.82) is 0 Å². The van der Waals surface area contributed by atoms with Gasteiger partial charge in [-0.2, -0.15) is 0 Å². The quantitative estimate of drug-likeness (QED) is 0.633. The Morgan fingerprint density at radius 3 is 2.28 bits per heavy atom. The molecule has 0 spiro atoms. The molecule has 2 N–H and O–H groups in total. The number of hydrogen-bond donors (Lipinski definition) is 2. The normalized spacial score (nSPS) is 10.1. The van der Waals surface area contributed by atoms with Crippen LogP contribution in [0.4, 0.5) is 5.69 Å². The van der Waals surface area contributed by atoms with Gasteiger partial charge in [0.2, 0.25) is 0 Å². The molecule has 0 saturated heterocycles. The Morgan fingerprint density at radius 2 is 1.61 bits per heavy atom. The van der Waals surface area contributed by atoms with Crippen molar-refractivity contribution < 1.29 is 5.11 Å². The van der Waals surface area contributed by atoms with Crippen molar-refractivity contribution >= 4 is 46.1 Å². The number of anilines is 1. The van der Waals surface area contributed by atoms with E-state index in [0.29, 0.717) is 20.7 Å². The maximum atomic E-state index is 9.67. The van der Waals surface area contributed by atoms with Crippen LogP contribution in [0.1, 0.15) is 5.56 Å². The molecule has 0 amide bonds. The molecule has 0 aliphatic heterocycles. The van der Waals surface area contributed by atoms with Gasteiger partial charge >= 0.3 is 0 Å². The van der Waals surface area contributed by atoms with Gasteiger partial charge in [-0.15, -0.1) is 0 Å². The van der Waals surface area contributed by atoms with E-state index in [9.17, 15) is 5.11 Å². The zero-order chi connectivity index (χ0) is 13.1. The Kier molecular flexibility index (Phi) is 4.07. The van der Waals surface area contributed by atoms with E-state index in [0.717, 1.165) is 5.56 Å². The van der Waals surface area contributed by atoms with Crippen LogP contribution in [-0.4, -0.2) is 10.1 Å². The molecule has 18 heavy (non-hydrogen) atoms. The standard InChI is InChI=1S/C13H9Cl2NOS/c14-9-3-1-8(2-4-9)13(18)16-11-7-10(15)5-6-12(11)17/h1-7,17H,(H,16,18). The summed E-state index contributed by atoms with van der Waals surface area (Å²) in [5.41, 5.74) is 1.29. The van der Waals surface area contributed by atoms with Crippen LogP contribution in [0, 0.1) is 0 Å². The molecular formula is C13H9Cl2NOS. The minimum Gasteiger partial charge on any atom is -0.506 e. The van der Waals surface area contributed by atoms with E-state index in [-0.39, 0.29) is 5.75 Å². The van der Waals surface area contributed by atoms with Gasteiger partial charge in [0.25, 0.3) is 0 Å². The summed E-state index contributed by atoms with van der Waals surface area (Å²) in [5, 5.41) is 13.8. The van der Waals surface area contributed by atoms with E-state index >= 15 is 0 Å². The molecule has 0 unspecified atom stereocenters. The number of phenolic OH excluding ortho intramolecular Hbond substituents is 1. The number of nitrogens with one attached hydrogen (secondary N) is 1. The lowest BCUT2D eigenvalue weighted by Gasteiger charge is -2.10. The van der Waals surface area contributed by atoms with Gasteiger partial charge in [-0.3, -0.25) is 0 Å². The molecule has 0 fully saturated rings. The molecule has 0 saturated carbocycles. The topological polar surface area (TPSA) is 32.3 Å². The Hall–Kier alpha value is -1.29. The van der Waals surface area contributed by atoms with Crippen molar-refractivity contribution in [3.05, 3.63) is 58.1 Å². The summed E-state index contributed by atoms with van der Waals surface area (Å²) in [5.74, 6) is 0.0933. The van der Waals surface area contributed by atoms with Gasteiger partial charge in [0.05, 0.1) is 5.69 Å². The van der Waals surface area contributed by atoms with Gasteiger partial charge in [0.1, 0.15) is 10.7 Å². The van der Waals surface area contributed by atoms with Crippen LogP contribution >= 0.6 is 35.4 Å². The molecule has 0 atom stereocenters. The number of halogens is 2. The lowest BCUT2D eigenvalue weighted by atomic mass is 10.2. The van der Waals surface area contributed by atoms with Crippen LogP contribution < -0.4 is 5.32 Å². The molecule has 0 bridgehead atoms. The highest BCUT2D eigenvalue weighted by atomic mass is 35.5. The van der Waals surface area contributed by atoms with Crippen molar-refractivity contribution in [3.63, 3.8) is 0 Å². The van der Waals surface area contributed by atoms with E-state index in [1.165, 1.54) is 6.07 Å². The predicted octanol–water partition coefficient (Wildman–Crippen LogP) is 4.49. The molecule has 2 aromatic carbocycles. The number of aromatic hydroxyl groups is 1. The number of benzene rings is 2. The third-order valence-corrected chi connectivity index (χ3v) is 3.14. The van der Waals surface area contributed by atoms with Crippen LogP contribution in [0.3, 0.4) is 0 Å². The summed E-state index contributed by atoms with van der Waals surface area (Å²) < 4.78 is 0.